The van der Waals surface area contributed by atoms with E-state index < -0.39 is 15.9 Å². The smallest absolute Gasteiger partial charge is 0.252 e. The van der Waals surface area contributed by atoms with Crippen LogP contribution in [0.3, 0.4) is 0 Å². The Bertz CT molecular complexity index is 1070. The molecule has 1 fully saturated rings. The summed E-state index contributed by atoms with van der Waals surface area (Å²) in [5.41, 5.74) is 6.52. The molecule has 2 aromatic rings. The van der Waals surface area contributed by atoms with Crippen LogP contribution in [0.25, 0.3) is 0 Å². The normalized spacial score (nSPS) is 17.4. The summed E-state index contributed by atoms with van der Waals surface area (Å²) in [6.07, 6.45) is 10.8. The number of amides is 1. The SMILES string of the molecule is CCCCCCCCNC1CCCN(S(=O)(=O)c2ccc(Cc3cc(C(N)=O)ccc3Cl)s2)CC1. The molecule has 0 aliphatic carbocycles. The fourth-order valence-electron chi connectivity index (χ4n) is 4.50. The van der Waals surface area contributed by atoms with Gasteiger partial charge in [-0.3, -0.25) is 4.79 Å². The van der Waals surface area contributed by atoms with Crippen LogP contribution in [0.1, 0.15) is 85.5 Å². The van der Waals surface area contributed by atoms with Crippen LogP contribution in [0.4, 0.5) is 0 Å². The number of nitrogens with two attached hydrogens (primary N) is 1. The molecule has 1 aliphatic rings. The van der Waals surface area contributed by atoms with Gasteiger partial charge < -0.3 is 11.1 Å². The maximum atomic E-state index is 13.3. The Balaban J connectivity index is 1.54. The number of nitrogens with zero attached hydrogens (tertiary/aromatic N) is 1. The van der Waals surface area contributed by atoms with E-state index in [4.69, 9.17) is 17.3 Å². The maximum Gasteiger partial charge on any atom is 0.252 e. The van der Waals surface area contributed by atoms with Gasteiger partial charge in [-0.1, -0.05) is 50.6 Å². The first-order valence-corrected chi connectivity index (χ1v) is 15.3. The minimum atomic E-state index is -3.53. The number of hydrogen-bond acceptors (Lipinski definition) is 5. The van der Waals surface area contributed by atoms with Crippen molar-refractivity contribution in [3.8, 4) is 0 Å². The van der Waals surface area contributed by atoms with Gasteiger partial charge in [0.15, 0.2) is 0 Å². The van der Waals surface area contributed by atoms with E-state index in [0.717, 1.165) is 36.2 Å². The molecule has 3 N–H and O–H groups in total. The second kappa shape index (κ2) is 13.7. The van der Waals surface area contributed by atoms with Gasteiger partial charge in [0, 0.05) is 41.0 Å². The number of thiophene rings is 1. The van der Waals surface area contributed by atoms with Gasteiger partial charge in [0.05, 0.1) is 0 Å². The summed E-state index contributed by atoms with van der Waals surface area (Å²) in [6.45, 7) is 4.34. The molecule has 3 rings (SSSR count). The topological polar surface area (TPSA) is 92.5 Å². The van der Waals surface area contributed by atoms with Crippen LogP contribution in [-0.4, -0.2) is 44.3 Å². The van der Waals surface area contributed by atoms with E-state index >= 15 is 0 Å². The lowest BCUT2D eigenvalue weighted by molar-refractivity contribution is 0.1000. The molecule has 9 heteroatoms. The largest absolute Gasteiger partial charge is 0.366 e. The van der Waals surface area contributed by atoms with E-state index in [9.17, 15) is 13.2 Å². The molecule has 1 aromatic carbocycles. The fraction of sp³-hybridized carbons (Fsp3) is 0.577. The van der Waals surface area contributed by atoms with Crippen LogP contribution in [0, 0.1) is 0 Å². The van der Waals surface area contributed by atoms with Crippen molar-refractivity contribution in [3.63, 3.8) is 0 Å². The minimum Gasteiger partial charge on any atom is -0.366 e. The van der Waals surface area contributed by atoms with Gasteiger partial charge in [0.2, 0.25) is 5.91 Å². The molecule has 0 spiro atoms. The third-order valence-electron chi connectivity index (χ3n) is 6.58. The Labute approximate surface area is 219 Å². The van der Waals surface area contributed by atoms with Crippen molar-refractivity contribution >= 4 is 38.9 Å². The van der Waals surface area contributed by atoms with E-state index in [1.165, 1.54) is 49.9 Å². The van der Waals surface area contributed by atoms with Crippen molar-refractivity contribution in [2.75, 3.05) is 19.6 Å². The molecule has 2 heterocycles. The molecule has 1 atom stereocenters. The average Bonchev–Trinajstić information content (AvgIpc) is 3.17. The number of primary amides is 1. The van der Waals surface area contributed by atoms with Crippen LogP contribution < -0.4 is 11.1 Å². The summed E-state index contributed by atoms with van der Waals surface area (Å²) in [5, 5.41) is 4.18. The van der Waals surface area contributed by atoms with Crippen molar-refractivity contribution < 1.29 is 13.2 Å². The lowest BCUT2D eigenvalue weighted by Gasteiger charge is -2.19. The summed E-state index contributed by atoms with van der Waals surface area (Å²) in [7, 11) is -3.53. The van der Waals surface area contributed by atoms with Crippen LogP contribution in [0.5, 0.6) is 0 Å². The number of nitrogens with one attached hydrogen (secondary N) is 1. The number of benzene rings is 1. The number of unbranched alkanes of at least 4 members (excludes halogenated alkanes) is 5. The lowest BCUT2D eigenvalue weighted by atomic mass is 10.1. The molecule has 1 unspecified atom stereocenters. The van der Waals surface area contributed by atoms with Crippen LogP contribution in [-0.2, 0) is 16.4 Å². The molecule has 194 valence electrons. The standard InChI is InChI=1S/C26H38ClN3O3S2/c1-2-3-4-5-6-7-15-29-22-9-8-16-30(17-14-22)35(32,33)25-13-11-23(34-25)19-21-18-20(26(28)31)10-12-24(21)27/h10-13,18,22,29H,2-9,14-17,19H2,1H3,(H2,28,31). The first-order valence-electron chi connectivity index (χ1n) is 12.7. The Hall–Kier alpha value is -1.45. The molecule has 0 saturated carbocycles. The van der Waals surface area contributed by atoms with Crippen molar-refractivity contribution in [3.05, 3.63) is 51.4 Å². The summed E-state index contributed by atoms with van der Waals surface area (Å²) in [5.74, 6) is -0.515. The summed E-state index contributed by atoms with van der Waals surface area (Å²) in [4.78, 5) is 12.4. The van der Waals surface area contributed by atoms with Gasteiger partial charge in [-0.05, 0) is 68.1 Å². The Morgan fingerprint density at radius 3 is 2.66 bits per heavy atom. The van der Waals surface area contributed by atoms with Crippen LogP contribution >= 0.6 is 22.9 Å². The van der Waals surface area contributed by atoms with Gasteiger partial charge in [-0.2, -0.15) is 4.31 Å². The summed E-state index contributed by atoms with van der Waals surface area (Å²) in [6, 6.07) is 8.80. The molecule has 1 amide bonds. The van der Waals surface area contributed by atoms with Gasteiger partial charge in [0.1, 0.15) is 4.21 Å². The first-order chi connectivity index (χ1) is 16.8. The monoisotopic (exact) mass is 539 g/mol. The molecule has 1 saturated heterocycles. The Kier molecular flexibility index (Phi) is 11.0. The van der Waals surface area contributed by atoms with Crippen molar-refractivity contribution in [2.24, 2.45) is 5.73 Å². The second-order valence-electron chi connectivity index (χ2n) is 9.32. The fourth-order valence-corrected chi connectivity index (χ4v) is 7.71. The molecular formula is C26H38ClN3O3S2. The second-order valence-corrected chi connectivity index (χ2v) is 13.1. The number of rotatable bonds is 13. The molecule has 6 nitrogen and oxygen atoms in total. The number of carbonyl (C=O) groups excluding carboxylic acids is 1. The van der Waals surface area contributed by atoms with Gasteiger partial charge in [0.25, 0.3) is 10.0 Å². The highest BCUT2D eigenvalue weighted by Crippen LogP contribution is 2.30. The Morgan fingerprint density at radius 2 is 1.89 bits per heavy atom. The highest BCUT2D eigenvalue weighted by atomic mass is 35.5. The molecule has 0 bridgehead atoms. The van der Waals surface area contributed by atoms with E-state index in [2.05, 4.69) is 12.2 Å². The lowest BCUT2D eigenvalue weighted by Crippen LogP contribution is -2.34. The predicted octanol–water partition coefficient (Wildman–Crippen LogP) is 5.58. The van der Waals surface area contributed by atoms with E-state index in [1.54, 1.807) is 28.6 Å². The zero-order chi connectivity index (χ0) is 25.3. The molecule has 0 radical (unpaired) electrons. The van der Waals surface area contributed by atoms with Gasteiger partial charge >= 0.3 is 0 Å². The molecule has 1 aliphatic heterocycles. The number of hydrogen-bond donors (Lipinski definition) is 2. The maximum absolute atomic E-state index is 13.3. The van der Waals surface area contributed by atoms with Crippen molar-refractivity contribution in [2.45, 2.75) is 81.4 Å². The minimum absolute atomic E-state index is 0.355. The highest BCUT2D eigenvalue weighted by Gasteiger charge is 2.29. The third kappa shape index (κ3) is 8.29. The molecular weight excluding hydrogens is 502 g/mol. The number of carbonyl (C=O) groups is 1. The van der Waals surface area contributed by atoms with Crippen molar-refractivity contribution in [1.82, 2.24) is 9.62 Å². The van der Waals surface area contributed by atoms with Gasteiger partial charge in [-0.25, -0.2) is 8.42 Å². The zero-order valence-electron chi connectivity index (χ0n) is 20.6. The van der Waals surface area contributed by atoms with Crippen molar-refractivity contribution in [1.29, 1.82) is 0 Å². The summed E-state index contributed by atoms with van der Waals surface area (Å²) >= 11 is 7.56. The third-order valence-corrected chi connectivity index (χ3v) is 10.4. The number of sulfonamides is 1. The van der Waals surface area contributed by atoms with Crippen LogP contribution in [0.2, 0.25) is 5.02 Å². The number of halogens is 1. The highest BCUT2D eigenvalue weighted by molar-refractivity contribution is 7.91. The quantitative estimate of drug-likeness (QED) is 0.325. The predicted molar refractivity (Wildman–Crippen MR) is 145 cm³/mol. The van der Waals surface area contributed by atoms with E-state index in [-0.39, 0.29) is 0 Å². The van der Waals surface area contributed by atoms with Crippen LogP contribution in [0.15, 0.2) is 34.5 Å². The molecule has 1 aromatic heterocycles. The summed E-state index contributed by atoms with van der Waals surface area (Å²) < 4.78 is 28.7. The Morgan fingerprint density at radius 1 is 1.11 bits per heavy atom. The first kappa shape index (κ1) is 28.1. The van der Waals surface area contributed by atoms with E-state index in [1.807, 2.05) is 6.07 Å². The van der Waals surface area contributed by atoms with Gasteiger partial charge in [-0.15, -0.1) is 11.3 Å². The molecule has 35 heavy (non-hydrogen) atoms. The van der Waals surface area contributed by atoms with E-state index in [0.29, 0.717) is 40.3 Å². The zero-order valence-corrected chi connectivity index (χ0v) is 23.0. The average molecular weight is 540 g/mol.